The van der Waals surface area contributed by atoms with E-state index in [9.17, 15) is 9.36 Å². The molecule has 0 amide bonds. The van der Waals surface area contributed by atoms with Gasteiger partial charge in [0.2, 0.25) is 6.29 Å². The van der Waals surface area contributed by atoms with Crippen molar-refractivity contribution >= 4 is 13.8 Å². The first kappa shape index (κ1) is 19.3. The third-order valence-corrected chi connectivity index (χ3v) is 3.22. The second kappa shape index (κ2) is 11.0. The first-order chi connectivity index (χ1) is 9.39. The first-order valence-electron chi connectivity index (χ1n) is 6.96. The van der Waals surface area contributed by atoms with Crippen LogP contribution in [0.4, 0.5) is 0 Å². The molecule has 118 valence electrons. The second-order valence-corrected chi connectivity index (χ2v) is 5.77. The lowest BCUT2D eigenvalue weighted by Crippen LogP contribution is -2.19. The van der Waals surface area contributed by atoms with Crippen molar-refractivity contribution in [3.8, 4) is 0 Å². The molecule has 0 aliphatic rings. The van der Waals surface area contributed by atoms with Gasteiger partial charge in [0, 0.05) is 12.5 Å². The number of hydrogen-bond donors (Lipinski definition) is 2. The summed E-state index contributed by atoms with van der Waals surface area (Å²) in [5, 5.41) is 0. The van der Waals surface area contributed by atoms with E-state index in [4.69, 9.17) is 14.5 Å². The summed E-state index contributed by atoms with van der Waals surface area (Å²) in [6, 6.07) is 0. The predicted molar refractivity (Wildman–Crippen MR) is 75.8 cm³/mol. The van der Waals surface area contributed by atoms with Crippen molar-refractivity contribution < 1.29 is 28.4 Å². The highest BCUT2D eigenvalue weighted by Gasteiger charge is 2.24. The zero-order valence-electron chi connectivity index (χ0n) is 12.0. The molecule has 1 atom stereocenters. The van der Waals surface area contributed by atoms with Crippen LogP contribution >= 0.6 is 7.82 Å². The third kappa shape index (κ3) is 12.4. The van der Waals surface area contributed by atoms with Crippen molar-refractivity contribution in [3.63, 3.8) is 0 Å². The fraction of sp³-hybridized carbons (Fsp3) is 0.769. The predicted octanol–water partition coefficient (Wildman–Crippen LogP) is 3.29. The van der Waals surface area contributed by atoms with Gasteiger partial charge in [0.1, 0.15) is 0 Å². The molecule has 0 aliphatic heterocycles. The second-order valence-electron chi connectivity index (χ2n) is 4.58. The Kier molecular flexibility index (Phi) is 10.7. The molecule has 6 nitrogen and oxygen atoms in total. The maximum Gasteiger partial charge on any atom is 0.472 e. The number of carbonyl (C=O) groups is 1. The van der Waals surface area contributed by atoms with Gasteiger partial charge in [-0.2, -0.15) is 0 Å². The molecule has 0 aromatic carbocycles. The summed E-state index contributed by atoms with van der Waals surface area (Å²) in [6.45, 7) is 5.37. The van der Waals surface area contributed by atoms with Crippen LogP contribution in [0.5, 0.6) is 0 Å². The number of ether oxygens (including phenoxy) is 1. The van der Waals surface area contributed by atoms with Crippen LogP contribution in [0, 0.1) is 0 Å². The lowest BCUT2D eigenvalue weighted by molar-refractivity contribution is -0.160. The van der Waals surface area contributed by atoms with Gasteiger partial charge in [-0.25, -0.2) is 13.9 Å². The summed E-state index contributed by atoms with van der Waals surface area (Å²) in [5.41, 5.74) is 0. The lowest BCUT2D eigenvalue weighted by Gasteiger charge is -2.17. The van der Waals surface area contributed by atoms with E-state index in [1.54, 1.807) is 0 Å². The third-order valence-electron chi connectivity index (χ3n) is 2.71. The Morgan fingerprint density at radius 3 is 2.25 bits per heavy atom. The highest BCUT2D eigenvalue weighted by molar-refractivity contribution is 7.46. The van der Waals surface area contributed by atoms with Crippen LogP contribution in [0.3, 0.4) is 0 Å². The van der Waals surface area contributed by atoms with Gasteiger partial charge in [0.05, 0.1) is 0 Å². The van der Waals surface area contributed by atoms with E-state index in [0.29, 0.717) is 6.42 Å². The Balaban J connectivity index is 3.94. The van der Waals surface area contributed by atoms with E-state index in [-0.39, 0.29) is 6.42 Å². The van der Waals surface area contributed by atoms with E-state index >= 15 is 0 Å². The molecule has 0 aromatic heterocycles. The highest BCUT2D eigenvalue weighted by atomic mass is 31.2. The zero-order chi connectivity index (χ0) is 15.4. The SMILES string of the molecule is C=CC(=O)OC(CCCCCCCCC)OP(=O)(O)O. The number of rotatable bonds is 12. The average Bonchev–Trinajstić information content (AvgIpc) is 2.35. The molecule has 0 spiro atoms. The van der Waals surface area contributed by atoms with Crippen molar-refractivity contribution in [3.05, 3.63) is 12.7 Å². The van der Waals surface area contributed by atoms with Crippen LogP contribution in [-0.4, -0.2) is 22.0 Å². The summed E-state index contributed by atoms with van der Waals surface area (Å²) in [4.78, 5) is 28.5. The van der Waals surface area contributed by atoms with E-state index in [0.717, 1.165) is 25.3 Å². The smallest absolute Gasteiger partial charge is 0.432 e. The van der Waals surface area contributed by atoms with Crippen LogP contribution in [0.1, 0.15) is 58.3 Å². The fourth-order valence-corrected chi connectivity index (χ4v) is 2.19. The summed E-state index contributed by atoms with van der Waals surface area (Å²) in [5.74, 6) is -0.758. The van der Waals surface area contributed by atoms with E-state index in [1.807, 2.05) is 0 Å². The van der Waals surface area contributed by atoms with Crippen LogP contribution in [0.2, 0.25) is 0 Å². The standard InChI is InChI=1S/C13H25O6P/c1-3-5-6-7-8-9-10-11-13(18-12(14)4-2)19-20(15,16)17/h4,13H,2-3,5-11H2,1H3,(H2,15,16,17). The number of carbonyl (C=O) groups excluding carboxylic acids is 1. The van der Waals surface area contributed by atoms with Crippen molar-refractivity contribution in [2.45, 2.75) is 64.6 Å². The number of phosphoric acid groups is 1. The Bertz CT molecular complexity index is 325. The molecule has 0 radical (unpaired) electrons. The monoisotopic (exact) mass is 308 g/mol. The molecule has 1 unspecified atom stereocenters. The molecule has 0 fully saturated rings. The Morgan fingerprint density at radius 2 is 1.75 bits per heavy atom. The molecule has 0 saturated carbocycles. The van der Waals surface area contributed by atoms with Gasteiger partial charge in [0.25, 0.3) is 0 Å². The average molecular weight is 308 g/mol. The number of esters is 1. The minimum Gasteiger partial charge on any atom is -0.432 e. The fourth-order valence-electron chi connectivity index (χ4n) is 1.73. The van der Waals surface area contributed by atoms with Crippen LogP contribution in [0.25, 0.3) is 0 Å². The molecule has 20 heavy (non-hydrogen) atoms. The quantitative estimate of drug-likeness (QED) is 0.189. The van der Waals surface area contributed by atoms with Gasteiger partial charge in [-0.15, -0.1) is 0 Å². The summed E-state index contributed by atoms with van der Waals surface area (Å²) >= 11 is 0. The van der Waals surface area contributed by atoms with Gasteiger partial charge in [-0.05, 0) is 6.42 Å². The van der Waals surface area contributed by atoms with Crippen LogP contribution in [0.15, 0.2) is 12.7 Å². The lowest BCUT2D eigenvalue weighted by atomic mass is 10.1. The van der Waals surface area contributed by atoms with Crippen LogP contribution in [-0.2, 0) is 18.6 Å². The Hall–Kier alpha value is -0.680. The maximum absolute atomic E-state index is 11.0. The maximum atomic E-state index is 11.0. The molecule has 0 aliphatic carbocycles. The van der Waals surface area contributed by atoms with E-state index < -0.39 is 20.1 Å². The van der Waals surface area contributed by atoms with Crippen molar-refractivity contribution in [2.24, 2.45) is 0 Å². The minimum atomic E-state index is -4.67. The summed E-state index contributed by atoms with van der Waals surface area (Å²) in [7, 11) is -4.67. The summed E-state index contributed by atoms with van der Waals surface area (Å²) < 4.78 is 20.0. The molecule has 2 N–H and O–H groups in total. The molecular formula is C13H25O6P. The Morgan fingerprint density at radius 1 is 1.20 bits per heavy atom. The van der Waals surface area contributed by atoms with Crippen molar-refractivity contribution in [1.82, 2.24) is 0 Å². The Labute approximate surface area is 120 Å². The van der Waals surface area contributed by atoms with Gasteiger partial charge in [-0.1, -0.05) is 52.0 Å². The molecule has 0 bridgehead atoms. The van der Waals surface area contributed by atoms with Crippen molar-refractivity contribution in [1.29, 1.82) is 0 Å². The largest absolute Gasteiger partial charge is 0.472 e. The number of unbranched alkanes of at least 4 members (excludes halogenated alkanes) is 6. The molecule has 0 heterocycles. The van der Waals surface area contributed by atoms with Gasteiger partial charge in [-0.3, -0.25) is 0 Å². The van der Waals surface area contributed by atoms with Gasteiger partial charge in [0.15, 0.2) is 0 Å². The molecule has 7 heteroatoms. The normalized spacial score (nSPS) is 12.9. The van der Waals surface area contributed by atoms with Crippen LogP contribution < -0.4 is 0 Å². The van der Waals surface area contributed by atoms with Crippen molar-refractivity contribution in [2.75, 3.05) is 0 Å². The number of phosphoric ester groups is 1. The minimum absolute atomic E-state index is 0.262. The number of hydrogen-bond acceptors (Lipinski definition) is 4. The zero-order valence-corrected chi connectivity index (χ0v) is 12.9. The van der Waals surface area contributed by atoms with Gasteiger partial charge < -0.3 is 14.5 Å². The van der Waals surface area contributed by atoms with E-state index in [1.165, 1.54) is 19.3 Å². The molecule has 0 aromatic rings. The van der Waals surface area contributed by atoms with E-state index in [2.05, 4.69) is 18.0 Å². The molecule has 0 saturated heterocycles. The van der Waals surface area contributed by atoms with Gasteiger partial charge >= 0.3 is 13.8 Å². The topological polar surface area (TPSA) is 93.1 Å². The first-order valence-corrected chi connectivity index (χ1v) is 8.49. The molecular weight excluding hydrogens is 283 g/mol. The summed E-state index contributed by atoms with van der Waals surface area (Å²) in [6.07, 6.45) is 7.37. The molecule has 0 rings (SSSR count). The highest BCUT2D eigenvalue weighted by Crippen LogP contribution is 2.38.